The summed E-state index contributed by atoms with van der Waals surface area (Å²) in [5.41, 5.74) is 4.42. The highest BCUT2D eigenvalue weighted by atomic mass is 35.5. The molecule has 2 N–H and O–H groups in total. The van der Waals surface area contributed by atoms with Gasteiger partial charge >= 0.3 is 12.1 Å². The number of nitrogens with one attached hydrogen (secondary N) is 2. The summed E-state index contributed by atoms with van der Waals surface area (Å²) in [6.45, 7) is 11.8. The van der Waals surface area contributed by atoms with Crippen LogP contribution in [0.5, 0.6) is 0 Å². The molecule has 252 valence electrons. The monoisotopic (exact) mass is 663 g/mol. The van der Waals surface area contributed by atoms with Crippen LogP contribution in [0.15, 0.2) is 54.1 Å². The van der Waals surface area contributed by atoms with Crippen LogP contribution in [0.25, 0.3) is 5.57 Å². The van der Waals surface area contributed by atoms with Gasteiger partial charge in [0.05, 0.1) is 43.5 Å². The third-order valence-electron chi connectivity index (χ3n) is 9.38. The van der Waals surface area contributed by atoms with E-state index in [0.29, 0.717) is 44.4 Å². The molecular weight excluding hydrogens is 618 g/mol. The SMILES string of the molecule is CC1C=CN=C2C1C=C(C(NC(=O)NC(C)(C)C)c1cncn1C)c1cc(Cl)ccc1C2N1CCN(C(=O)OC2CCOCC2)CC1. The summed E-state index contributed by atoms with van der Waals surface area (Å²) >= 11 is 6.73. The Balaban J connectivity index is 1.36. The number of aromatic nitrogens is 2. The Morgan fingerprint density at radius 2 is 1.87 bits per heavy atom. The number of carbonyl (C=O) groups excluding carboxylic acids is 2. The molecule has 0 radical (unpaired) electrons. The lowest BCUT2D eigenvalue weighted by Gasteiger charge is -2.41. The maximum absolute atomic E-state index is 13.5. The van der Waals surface area contributed by atoms with Gasteiger partial charge in [-0.05, 0) is 55.5 Å². The van der Waals surface area contributed by atoms with Crippen LogP contribution in [0.2, 0.25) is 5.02 Å². The highest BCUT2D eigenvalue weighted by Crippen LogP contribution is 2.45. The van der Waals surface area contributed by atoms with Crippen LogP contribution in [0.3, 0.4) is 0 Å². The van der Waals surface area contributed by atoms with Crippen LogP contribution in [0.1, 0.15) is 69.4 Å². The molecule has 4 heterocycles. The predicted molar refractivity (Wildman–Crippen MR) is 182 cm³/mol. The normalized spacial score (nSPS) is 24.3. The first kappa shape index (κ1) is 33.2. The lowest BCUT2D eigenvalue weighted by molar-refractivity contribution is -0.0151. The summed E-state index contributed by atoms with van der Waals surface area (Å²) in [5.74, 6) is 0.127. The van der Waals surface area contributed by atoms with E-state index in [1.54, 1.807) is 12.5 Å². The van der Waals surface area contributed by atoms with Gasteiger partial charge < -0.3 is 29.6 Å². The lowest BCUT2D eigenvalue weighted by Crippen LogP contribution is -2.52. The number of nitrogens with zero attached hydrogens (tertiary/aromatic N) is 5. The Hall–Kier alpha value is -3.67. The molecule has 11 nitrogen and oxygen atoms in total. The number of aliphatic imine (C=N–C) groups is 1. The molecule has 6 rings (SSSR count). The number of ether oxygens (including phenoxy) is 2. The minimum atomic E-state index is -0.517. The number of piperazine rings is 1. The summed E-state index contributed by atoms with van der Waals surface area (Å²) in [6.07, 6.45) is 11.0. The van der Waals surface area contributed by atoms with E-state index in [4.69, 9.17) is 26.1 Å². The number of allylic oxidation sites excluding steroid dienone is 2. The lowest BCUT2D eigenvalue weighted by atomic mass is 9.82. The number of aryl methyl sites for hydroxylation is 1. The largest absolute Gasteiger partial charge is 0.446 e. The van der Waals surface area contributed by atoms with Gasteiger partial charge in [0.15, 0.2) is 0 Å². The van der Waals surface area contributed by atoms with E-state index in [1.165, 1.54) is 0 Å². The Morgan fingerprint density at radius 1 is 1.13 bits per heavy atom. The maximum atomic E-state index is 13.5. The smallest absolute Gasteiger partial charge is 0.410 e. The number of imidazole rings is 1. The van der Waals surface area contributed by atoms with Crippen molar-refractivity contribution in [3.8, 4) is 0 Å². The first-order chi connectivity index (χ1) is 22.5. The van der Waals surface area contributed by atoms with Crippen LogP contribution in [-0.2, 0) is 16.5 Å². The molecule has 47 heavy (non-hydrogen) atoms. The van der Waals surface area contributed by atoms with Crippen molar-refractivity contribution in [1.29, 1.82) is 0 Å². The van der Waals surface area contributed by atoms with Crippen molar-refractivity contribution in [2.24, 2.45) is 23.9 Å². The van der Waals surface area contributed by atoms with Crippen molar-refractivity contribution >= 4 is 35.0 Å². The molecule has 0 bridgehead atoms. The minimum absolute atomic E-state index is 0.0362. The Morgan fingerprint density at radius 3 is 2.55 bits per heavy atom. The second kappa shape index (κ2) is 13.8. The van der Waals surface area contributed by atoms with Crippen LogP contribution in [-0.4, -0.2) is 88.2 Å². The topological polar surface area (TPSA) is 113 Å². The fourth-order valence-electron chi connectivity index (χ4n) is 6.96. The second-order valence-corrected chi connectivity index (χ2v) is 14.4. The van der Waals surface area contributed by atoms with Gasteiger partial charge in [-0.15, -0.1) is 0 Å². The molecule has 2 aromatic rings. The fourth-order valence-corrected chi connectivity index (χ4v) is 7.14. The predicted octanol–water partition coefficient (Wildman–Crippen LogP) is 5.50. The van der Waals surface area contributed by atoms with Crippen molar-refractivity contribution < 1.29 is 19.1 Å². The van der Waals surface area contributed by atoms with Crippen LogP contribution in [0, 0.1) is 11.8 Å². The van der Waals surface area contributed by atoms with Crippen molar-refractivity contribution in [3.05, 3.63) is 70.9 Å². The zero-order chi connectivity index (χ0) is 33.3. The van der Waals surface area contributed by atoms with Gasteiger partial charge in [-0.25, -0.2) is 14.6 Å². The average Bonchev–Trinajstić information content (AvgIpc) is 3.39. The first-order valence-corrected chi connectivity index (χ1v) is 16.9. The molecule has 4 aliphatic rings. The molecule has 2 fully saturated rings. The van der Waals surface area contributed by atoms with Gasteiger partial charge in [-0.3, -0.25) is 9.89 Å². The molecule has 3 aliphatic heterocycles. The minimum Gasteiger partial charge on any atom is -0.446 e. The molecule has 3 amide bonds. The Labute approximate surface area is 282 Å². The standard InChI is InChI=1S/C35H46ClN7O4/c1-22-8-11-38-31-26(22)19-28(30(29-20-37-21-41(29)5)39-33(44)40-35(2,3)4)27-18-23(36)6-7-25(27)32(31)42-12-14-43(15-13-42)34(45)47-24-9-16-46-17-10-24/h6-8,11,18-22,24,26,30,32H,9-10,12-17H2,1-5H3,(H2,39,40,44). The molecule has 2 saturated heterocycles. The van der Waals surface area contributed by atoms with Gasteiger partial charge in [-0.1, -0.05) is 36.7 Å². The fraction of sp³-hybridized carbons (Fsp3) is 0.543. The summed E-state index contributed by atoms with van der Waals surface area (Å²) in [5, 5.41) is 6.94. The van der Waals surface area contributed by atoms with Gasteiger partial charge in [-0.2, -0.15) is 0 Å². The van der Waals surface area contributed by atoms with Gasteiger partial charge in [0.25, 0.3) is 0 Å². The molecular formula is C35H46ClN7O4. The third-order valence-corrected chi connectivity index (χ3v) is 9.61. The molecule has 0 saturated carbocycles. The summed E-state index contributed by atoms with van der Waals surface area (Å²) < 4.78 is 13.2. The number of hydrogen-bond acceptors (Lipinski definition) is 7. The van der Waals surface area contributed by atoms with Crippen molar-refractivity contribution in [2.75, 3.05) is 39.4 Å². The number of fused-ring (bicyclic) bond motifs is 2. The van der Waals surface area contributed by atoms with E-state index < -0.39 is 11.6 Å². The van der Waals surface area contributed by atoms with Crippen molar-refractivity contribution in [2.45, 2.75) is 64.3 Å². The van der Waals surface area contributed by atoms with E-state index in [-0.39, 0.29) is 36.1 Å². The van der Waals surface area contributed by atoms with Crippen LogP contribution < -0.4 is 10.6 Å². The number of hydrogen-bond donors (Lipinski definition) is 2. The summed E-state index contributed by atoms with van der Waals surface area (Å²) in [6, 6.07) is 5.07. The van der Waals surface area contributed by atoms with E-state index in [9.17, 15) is 9.59 Å². The Bertz CT molecular complexity index is 1560. The van der Waals surface area contributed by atoms with Gasteiger partial charge in [0, 0.05) is 74.5 Å². The number of amides is 3. The average molecular weight is 664 g/mol. The molecule has 4 unspecified atom stereocenters. The molecule has 4 atom stereocenters. The quantitative estimate of drug-likeness (QED) is 0.437. The number of rotatable bonds is 5. The summed E-state index contributed by atoms with van der Waals surface area (Å²) in [4.78, 5) is 40.2. The molecule has 12 heteroatoms. The molecule has 1 aliphatic carbocycles. The zero-order valence-electron chi connectivity index (χ0n) is 27.9. The second-order valence-electron chi connectivity index (χ2n) is 14.0. The third kappa shape index (κ3) is 7.42. The number of carbonyl (C=O) groups is 2. The maximum Gasteiger partial charge on any atom is 0.410 e. The molecule has 1 aromatic carbocycles. The van der Waals surface area contributed by atoms with Crippen molar-refractivity contribution in [3.63, 3.8) is 0 Å². The van der Waals surface area contributed by atoms with E-state index >= 15 is 0 Å². The van der Waals surface area contributed by atoms with Crippen LogP contribution in [0.4, 0.5) is 9.59 Å². The Kier molecular flexibility index (Phi) is 9.77. The van der Waals surface area contributed by atoms with E-state index in [2.05, 4.69) is 45.7 Å². The number of halogens is 1. The van der Waals surface area contributed by atoms with E-state index in [0.717, 1.165) is 40.9 Å². The van der Waals surface area contributed by atoms with Gasteiger partial charge in [0.2, 0.25) is 0 Å². The van der Waals surface area contributed by atoms with E-state index in [1.807, 2.05) is 55.6 Å². The van der Waals surface area contributed by atoms with Crippen LogP contribution >= 0.6 is 11.6 Å². The summed E-state index contributed by atoms with van der Waals surface area (Å²) in [7, 11) is 1.93. The van der Waals surface area contributed by atoms with Crippen molar-refractivity contribution in [1.82, 2.24) is 30.0 Å². The molecule has 0 spiro atoms. The zero-order valence-corrected chi connectivity index (χ0v) is 28.7. The first-order valence-electron chi connectivity index (χ1n) is 16.6. The number of urea groups is 1. The highest BCUT2D eigenvalue weighted by molar-refractivity contribution is 6.30. The molecule has 1 aromatic heterocycles. The van der Waals surface area contributed by atoms with Gasteiger partial charge in [0.1, 0.15) is 6.10 Å². The highest BCUT2D eigenvalue weighted by Gasteiger charge is 2.41. The number of benzene rings is 1.